The van der Waals surface area contributed by atoms with Gasteiger partial charge in [-0.05, 0) is 99.1 Å². The van der Waals surface area contributed by atoms with E-state index in [0.29, 0.717) is 97.5 Å². The highest BCUT2D eigenvalue weighted by molar-refractivity contribution is 6.08. The van der Waals surface area contributed by atoms with Gasteiger partial charge in [0, 0.05) is 80.1 Å². The van der Waals surface area contributed by atoms with Gasteiger partial charge in [-0.25, -0.2) is 14.6 Å². The van der Waals surface area contributed by atoms with Crippen molar-refractivity contribution in [3.05, 3.63) is 100 Å². The maximum Gasteiger partial charge on any atom is 0.410 e. The number of fused-ring (bicyclic) bond motifs is 2. The van der Waals surface area contributed by atoms with Crippen LogP contribution in [0.4, 0.5) is 26.7 Å². The van der Waals surface area contributed by atoms with Crippen LogP contribution >= 0.6 is 0 Å². The van der Waals surface area contributed by atoms with E-state index in [-0.39, 0.29) is 69.7 Å². The number of allylic oxidation sites excluding steroid dienone is 1. The van der Waals surface area contributed by atoms with Gasteiger partial charge in [0.15, 0.2) is 0 Å². The van der Waals surface area contributed by atoms with Crippen LogP contribution in [-0.4, -0.2) is 125 Å². The number of nitrogens with zero attached hydrogens (tertiary/aromatic N) is 5. The van der Waals surface area contributed by atoms with Crippen LogP contribution in [0.5, 0.6) is 0 Å². The summed E-state index contributed by atoms with van der Waals surface area (Å²) in [6, 6.07) is 11.6. The summed E-state index contributed by atoms with van der Waals surface area (Å²) in [5.41, 5.74) is 16.4. The van der Waals surface area contributed by atoms with Gasteiger partial charge in [0.2, 0.25) is 30.0 Å². The average Bonchev–Trinajstić information content (AvgIpc) is 3.56. The second-order valence-electron chi connectivity index (χ2n) is 18.0. The van der Waals surface area contributed by atoms with E-state index in [2.05, 4.69) is 36.6 Å². The first-order valence-corrected chi connectivity index (χ1v) is 25.2. The summed E-state index contributed by atoms with van der Waals surface area (Å²) in [7, 11) is 0. The zero-order valence-electron chi connectivity index (χ0n) is 42.8. The Morgan fingerprint density at radius 3 is 2.35 bits per heavy atom. The summed E-state index contributed by atoms with van der Waals surface area (Å²) < 4.78 is 5.65. The van der Waals surface area contributed by atoms with Gasteiger partial charge in [-0.1, -0.05) is 44.5 Å². The van der Waals surface area contributed by atoms with Gasteiger partial charge >= 0.3 is 12.1 Å². The number of amides is 10. The van der Waals surface area contributed by atoms with Crippen molar-refractivity contribution in [2.45, 2.75) is 104 Å². The Bertz CT molecular complexity index is 2650. The van der Waals surface area contributed by atoms with E-state index in [0.717, 1.165) is 29.0 Å². The molecule has 2 aromatic carbocycles. The number of benzene rings is 2. The summed E-state index contributed by atoms with van der Waals surface area (Å²) >= 11 is 0. The molecule has 10 amide bonds. The van der Waals surface area contributed by atoms with E-state index in [9.17, 15) is 43.2 Å². The van der Waals surface area contributed by atoms with Crippen molar-refractivity contribution in [2.75, 3.05) is 49.9 Å². The number of aromatic nitrogens is 1. The molecule has 1 aromatic heterocycles. The molecule has 0 aliphatic carbocycles. The van der Waals surface area contributed by atoms with Gasteiger partial charge in [-0.2, -0.15) is 0 Å². The van der Waals surface area contributed by atoms with Crippen LogP contribution < -0.4 is 38.1 Å². The lowest BCUT2D eigenvalue weighted by Gasteiger charge is -2.28. The molecule has 3 heterocycles. The van der Waals surface area contributed by atoms with Gasteiger partial charge in [0.1, 0.15) is 18.5 Å². The molecular formula is C53H68N12O10. The summed E-state index contributed by atoms with van der Waals surface area (Å²) in [5.74, 6) is -2.19. The standard InChI is InChI=1S/C53H68N12O10/c1-4-11-48(69)65(34-66)24-9-7-8-13-46(67)58-31-47(68)62-43(12-10-21-56-52(55)73)50(71)59-40-18-14-35(15-19-40)33-75-53(74)64-25-20-42-39(32-64)27-41(30-57-42)60-49(70)37-17-16-36-26-38(29-45(54)61-44(36)28-37)51(72)63(22-5-2)23-6-3/h4,11,14-19,26-28,30,34,43H,5-10,12-13,20-25,29,31-33H2,1-3H3,(H2,54,61)(H,58,67)(H,59,71)(H,60,70)(H,62,68)(H3,55,56,73)/b11-4-. The highest BCUT2D eigenvalue weighted by Gasteiger charge is 2.26. The minimum absolute atomic E-state index is 0.0707. The minimum Gasteiger partial charge on any atom is -0.445 e. The SMILES string of the molecule is C/C=C\C(=O)N(C=O)CCCCCC(=O)NCC(=O)NC(CCCNC(N)=O)C(=O)Nc1ccc(COC(=O)N2CCc3ncc(NC(=O)c4ccc5c(c4)N=C(N)CC(C(=O)N(CCC)CCC)=C5)cc3C2)cc1. The third kappa shape index (κ3) is 18.2. The molecule has 3 aromatic rings. The van der Waals surface area contributed by atoms with Gasteiger partial charge in [0.05, 0.1) is 30.7 Å². The topological polar surface area (TPSA) is 310 Å². The molecule has 0 fully saturated rings. The Hall–Kier alpha value is -8.43. The van der Waals surface area contributed by atoms with E-state index in [1.807, 2.05) is 18.7 Å². The highest BCUT2D eigenvalue weighted by Crippen LogP contribution is 2.29. The van der Waals surface area contributed by atoms with E-state index >= 15 is 0 Å². The van der Waals surface area contributed by atoms with Gasteiger partial charge in [0.25, 0.3) is 11.8 Å². The smallest absolute Gasteiger partial charge is 0.410 e. The van der Waals surface area contributed by atoms with Crippen LogP contribution in [0.15, 0.2) is 77.4 Å². The first-order chi connectivity index (χ1) is 36.1. The quantitative estimate of drug-likeness (QED) is 0.0331. The van der Waals surface area contributed by atoms with Crippen molar-refractivity contribution in [1.82, 2.24) is 35.6 Å². The number of hydrogen-bond donors (Lipinski definition) is 7. The molecule has 1 atom stereocenters. The third-order valence-corrected chi connectivity index (χ3v) is 12.0. The molecule has 5 rings (SSSR count). The van der Waals surface area contributed by atoms with E-state index in [1.165, 1.54) is 6.08 Å². The summed E-state index contributed by atoms with van der Waals surface area (Å²) in [6.07, 6.45) is 10.5. The number of unbranched alkanes of at least 4 members (excludes halogenated alkanes) is 2. The normalized spacial score (nSPS) is 13.1. The minimum atomic E-state index is -1.04. The molecule has 2 aliphatic rings. The van der Waals surface area contributed by atoms with E-state index in [4.69, 9.17) is 16.2 Å². The predicted molar refractivity (Wildman–Crippen MR) is 282 cm³/mol. The average molecular weight is 1030 g/mol. The molecular weight excluding hydrogens is 965 g/mol. The van der Waals surface area contributed by atoms with Crippen LogP contribution in [0.2, 0.25) is 0 Å². The van der Waals surface area contributed by atoms with Gasteiger partial charge in [-0.15, -0.1) is 0 Å². The van der Waals surface area contributed by atoms with Crippen LogP contribution in [0.25, 0.3) is 6.08 Å². The number of aliphatic imine (C=N–C) groups is 1. The molecule has 1 unspecified atom stereocenters. The number of ether oxygens (including phenoxy) is 1. The Balaban J connectivity index is 1.09. The lowest BCUT2D eigenvalue weighted by atomic mass is 10.0. The lowest BCUT2D eigenvalue weighted by Crippen LogP contribution is -2.47. The fraction of sp³-hybridized carbons (Fsp3) is 0.415. The Kier molecular flexibility index (Phi) is 22.5. The predicted octanol–water partition coefficient (Wildman–Crippen LogP) is 4.56. The van der Waals surface area contributed by atoms with E-state index < -0.39 is 41.8 Å². The van der Waals surface area contributed by atoms with Gasteiger partial charge in [-0.3, -0.25) is 43.4 Å². The lowest BCUT2D eigenvalue weighted by molar-refractivity contribution is -0.134. The number of carbonyl (C=O) groups is 9. The second-order valence-corrected chi connectivity index (χ2v) is 18.0. The number of primary amides is 1. The molecule has 0 saturated carbocycles. The molecule has 2 aliphatic heterocycles. The van der Waals surface area contributed by atoms with Crippen LogP contribution in [-0.2, 0) is 53.1 Å². The number of hydrogen-bond acceptors (Lipinski definition) is 13. The summed E-state index contributed by atoms with van der Waals surface area (Å²) in [6.45, 7) is 7.47. The molecule has 9 N–H and O–H groups in total. The zero-order valence-corrected chi connectivity index (χ0v) is 42.8. The van der Waals surface area contributed by atoms with Crippen molar-refractivity contribution < 1.29 is 47.9 Å². The van der Waals surface area contributed by atoms with E-state index in [1.54, 1.807) is 78.7 Å². The van der Waals surface area contributed by atoms with Crippen molar-refractivity contribution in [3.8, 4) is 0 Å². The van der Waals surface area contributed by atoms with Crippen molar-refractivity contribution in [2.24, 2.45) is 16.5 Å². The van der Waals surface area contributed by atoms with Crippen LogP contribution in [0.1, 0.15) is 111 Å². The molecule has 0 bridgehead atoms. The Morgan fingerprint density at radius 1 is 0.880 bits per heavy atom. The first kappa shape index (κ1) is 57.5. The number of urea groups is 1. The number of pyridine rings is 1. The zero-order chi connectivity index (χ0) is 54.3. The fourth-order valence-corrected chi connectivity index (χ4v) is 8.23. The van der Waals surface area contributed by atoms with Crippen molar-refractivity contribution in [3.63, 3.8) is 0 Å². The van der Waals surface area contributed by atoms with Crippen molar-refractivity contribution >= 4 is 83.0 Å². The number of anilines is 2. The first-order valence-electron chi connectivity index (χ1n) is 25.2. The number of nitrogens with one attached hydrogen (secondary N) is 5. The molecule has 22 nitrogen and oxygen atoms in total. The molecule has 0 spiro atoms. The van der Waals surface area contributed by atoms with Crippen LogP contribution in [0.3, 0.4) is 0 Å². The monoisotopic (exact) mass is 1030 g/mol. The Morgan fingerprint density at radius 2 is 1.64 bits per heavy atom. The maximum absolute atomic E-state index is 13.5. The van der Waals surface area contributed by atoms with Gasteiger partial charge < -0.3 is 52.6 Å². The number of amidine groups is 1. The molecule has 0 radical (unpaired) electrons. The number of rotatable bonds is 26. The summed E-state index contributed by atoms with van der Waals surface area (Å²) in [4.78, 5) is 127. The fourth-order valence-electron chi connectivity index (χ4n) is 8.23. The third-order valence-electron chi connectivity index (χ3n) is 12.0. The molecule has 22 heteroatoms. The largest absolute Gasteiger partial charge is 0.445 e. The maximum atomic E-state index is 13.5. The number of nitrogens with two attached hydrogens (primary N) is 2. The second kappa shape index (κ2) is 29.3. The summed E-state index contributed by atoms with van der Waals surface area (Å²) in [5, 5.41) is 13.3. The highest BCUT2D eigenvalue weighted by atomic mass is 16.6. The van der Waals surface area contributed by atoms with Crippen LogP contribution in [0, 0.1) is 0 Å². The van der Waals surface area contributed by atoms with Crippen molar-refractivity contribution in [1.29, 1.82) is 0 Å². The number of imide groups is 1. The molecule has 400 valence electrons. The number of carbonyl (C=O) groups excluding carboxylic acids is 9. The molecule has 75 heavy (non-hydrogen) atoms. The molecule has 0 saturated heterocycles. The Labute approximate surface area is 436 Å².